The normalized spacial score (nSPS) is 17.9. The van der Waals surface area contributed by atoms with Crippen LogP contribution in [-0.2, 0) is 14.2 Å². The van der Waals surface area contributed by atoms with Crippen LogP contribution in [0.5, 0.6) is 0 Å². The molecule has 16 heavy (non-hydrogen) atoms. The third-order valence-corrected chi connectivity index (χ3v) is 2.39. The molecule has 0 spiro atoms. The summed E-state index contributed by atoms with van der Waals surface area (Å²) in [6.45, 7) is 0. The Bertz CT molecular complexity index is 452. The number of fused-ring (bicyclic) bond motifs is 1. The monoisotopic (exact) mass is 222 g/mol. The number of rotatable bonds is 2. The van der Waals surface area contributed by atoms with Crippen LogP contribution in [0.25, 0.3) is 0 Å². The van der Waals surface area contributed by atoms with Crippen LogP contribution in [-0.4, -0.2) is 26.2 Å². The highest BCUT2D eigenvalue weighted by molar-refractivity contribution is 6.05. The standard InChI is InChI=1S/C11H10O5/c1-14-9(12)6-4-3-5-7-8(6)10(13)16-11(7)15-2/h3-5,11H,1-2H3. The maximum atomic E-state index is 11.6. The van der Waals surface area contributed by atoms with Crippen molar-refractivity contribution in [2.24, 2.45) is 0 Å². The second-order valence-corrected chi connectivity index (χ2v) is 3.23. The van der Waals surface area contributed by atoms with E-state index in [0.717, 1.165) is 0 Å². The lowest BCUT2D eigenvalue weighted by Gasteiger charge is -2.07. The van der Waals surface area contributed by atoms with Gasteiger partial charge in [-0.3, -0.25) is 0 Å². The summed E-state index contributed by atoms with van der Waals surface area (Å²) in [5.41, 5.74) is 0.973. The molecule has 1 aliphatic rings. The summed E-state index contributed by atoms with van der Waals surface area (Å²) in [5, 5.41) is 0. The lowest BCUT2D eigenvalue weighted by atomic mass is 10.0. The average Bonchev–Trinajstić information content (AvgIpc) is 2.65. The number of hydrogen-bond donors (Lipinski definition) is 0. The first-order valence-electron chi connectivity index (χ1n) is 4.64. The van der Waals surface area contributed by atoms with Crippen LogP contribution in [0.15, 0.2) is 18.2 Å². The number of methoxy groups -OCH3 is 2. The van der Waals surface area contributed by atoms with Gasteiger partial charge in [0.2, 0.25) is 6.29 Å². The summed E-state index contributed by atoms with van der Waals surface area (Å²) in [4.78, 5) is 23.0. The Kier molecular flexibility index (Phi) is 2.62. The molecular formula is C11H10O5. The molecule has 1 heterocycles. The van der Waals surface area contributed by atoms with Gasteiger partial charge in [-0.1, -0.05) is 12.1 Å². The maximum Gasteiger partial charge on any atom is 0.342 e. The van der Waals surface area contributed by atoms with Gasteiger partial charge in [0.05, 0.1) is 18.2 Å². The Morgan fingerprint density at radius 2 is 2.12 bits per heavy atom. The van der Waals surface area contributed by atoms with Gasteiger partial charge < -0.3 is 14.2 Å². The predicted octanol–water partition coefficient (Wildman–Crippen LogP) is 1.29. The quantitative estimate of drug-likeness (QED) is 0.705. The number of hydrogen-bond acceptors (Lipinski definition) is 5. The van der Waals surface area contributed by atoms with E-state index in [1.807, 2.05) is 0 Å². The molecule has 5 nitrogen and oxygen atoms in total. The molecule has 1 atom stereocenters. The van der Waals surface area contributed by atoms with Crippen molar-refractivity contribution in [1.82, 2.24) is 0 Å². The number of benzene rings is 1. The molecule has 0 amide bonds. The van der Waals surface area contributed by atoms with E-state index in [2.05, 4.69) is 4.74 Å². The zero-order chi connectivity index (χ0) is 11.7. The minimum absolute atomic E-state index is 0.199. The van der Waals surface area contributed by atoms with E-state index in [0.29, 0.717) is 5.56 Å². The first kappa shape index (κ1) is 10.6. The number of carbonyl (C=O) groups excluding carboxylic acids is 2. The van der Waals surface area contributed by atoms with Crippen molar-refractivity contribution >= 4 is 11.9 Å². The maximum absolute atomic E-state index is 11.6. The van der Waals surface area contributed by atoms with Crippen LogP contribution in [0.2, 0.25) is 0 Å². The molecule has 0 aliphatic carbocycles. The topological polar surface area (TPSA) is 61.8 Å². The highest BCUT2D eigenvalue weighted by atomic mass is 16.7. The van der Waals surface area contributed by atoms with Crippen molar-refractivity contribution in [3.8, 4) is 0 Å². The van der Waals surface area contributed by atoms with Gasteiger partial charge in [0, 0.05) is 12.7 Å². The SMILES string of the molecule is COC(=O)c1cccc2c1C(=O)OC2OC. The van der Waals surface area contributed by atoms with Crippen molar-refractivity contribution in [1.29, 1.82) is 0 Å². The predicted molar refractivity (Wildman–Crippen MR) is 52.9 cm³/mol. The van der Waals surface area contributed by atoms with E-state index in [1.54, 1.807) is 12.1 Å². The summed E-state index contributed by atoms with van der Waals surface area (Å²) < 4.78 is 14.5. The third kappa shape index (κ3) is 1.45. The molecule has 0 N–H and O–H groups in total. The van der Waals surface area contributed by atoms with Crippen LogP contribution in [0.3, 0.4) is 0 Å². The van der Waals surface area contributed by atoms with Crippen LogP contribution in [0, 0.1) is 0 Å². The first-order chi connectivity index (χ1) is 7.69. The Labute approximate surface area is 91.9 Å². The molecule has 0 aromatic heterocycles. The molecular weight excluding hydrogens is 212 g/mol. The lowest BCUT2D eigenvalue weighted by molar-refractivity contribution is -0.0816. The van der Waals surface area contributed by atoms with Crippen LogP contribution < -0.4 is 0 Å². The molecule has 84 valence electrons. The van der Waals surface area contributed by atoms with Gasteiger partial charge >= 0.3 is 11.9 Å². The summed E-state index contributed by atoms with van der Waals surface area (Å²) in [6, 6.07) is 4.85. The third-order valence-electron chi connectivity index (χ3n) is 2.39. The molecule has 1 aromatic rings. The fraction of sp³-hybridized carbons (Fsp3) is 0.273. The van der Waals surface area contributed by atoms with Crippen molar-refractivity contribution in [3.05, 3.63) is 34.9 Å². The highest BCUT2D eigenvalue weighted by Crippen LogP contribution is 2.33. The molecule has 0 fully saturated rings. The molecule has 5 heteroatoms. The molecule has 0 radical (unpaired) electrons. The number of carbonyl (C=O) groups is 2. The Morgan fingerprint density at radius 1 is 1.38 bits per heavy atom. The van der Waals surface area contributed by atoms with Crippen molar-refractivity contribution < 1.29 is 23.8 Å². The van der Waals surface area contributed by atoms with Crippen LogP contribution in [0.4, 0.5) is 0 Å². The van der Waals surface area contributed by atoms with E-state index >= 15 is 0 Å². The second-order valence-electron chi connectivity index (χ2n) is 3.23. The summed E-state index contributed by atoms with van der Waals surface area (Å²) in [6.07, 6.45) is -0.743. The largest absolute Gasteiger partial charge is 0.465 e. The van der Waals surface area contributed by atoms with E-state index in [1.165, 1.54) is 20.3 Å². The smallest absolute Gasteiger partial charge is 0.342 e. The van der Waals surface area contributed by atoms with Gasteiger partial charge in [-0.15, -0.1) is 0 Å². The second kappa shape index (κ2) is 3.94. The van der Waals surface area contributed by atoms with Gasteiger partial charge in [-0.05, 0) is 6.07 Å². The molecule has 1 unspecified atom stereocenters. The van der Waals surface area contributed by atoms with E-state index in [-0.39, 0.29) is 11.1 Å². The zero-order valence-electron chi connectivity index (χ0n) is 8.85. The Morgan fingerprint density at radius 3 is 2.75 bits per heavy atom. The molecule has 0 saturated heterocycles. The van der Waals surface area contributed by atoms with Gasteiger partial charge in [0.25, 0.3) is 0 Å². The van der Waals surface area contributed by atoms with Crippen LogP contribution in [0.1, 0.15) is 32.6 Å². The van der Waals surface area contributed by atoms with E-state index < -0.39 is 18.2 Å². The van der Waals surface area contributed by atoms with Crippen LogP contribution >= 0.6 is 0 Å². The van der Waals surface area contributed by atoms with Crippen molar-refractivity contribution in [2.45, 2.75) is 6.29 Å². The zero-order valence-corrected chi connectivity index (χ0v) is 8.85. The number of ether oxygens (including phenoxy) is 3. The molecule has 0 bridgehead atoms. The number of cyclic esters (lactones) is 1. The average molecular weight is 222 g/mol. The molecule has 1 aliphatic heterocycles. The Hall–Kier alpha value is -1.88. The van der Waals surface area contributed by atoms with Gasteiger partial charge in [0.15, 0.2) is 0 Å². The highest BCUT2D eigenvalue weighted by Gasteiger charge is 2.35. The lowest BCUT2D eigenvalue weighted by Crippen LogP contribution is -2.08. The van der Waals surface area contributed by atoms with E-state index in [4.69, 9.17) is 9.47 Å². The fourth-order valence-corrected chi connectivity index (χ4v) is 1.67. The van der Waals surface area contributed by atoms with E-state index in [9.17, 15) is 9.59 Å². The first-order valence-corrected chi connectivity index (χ1v) is 4.64. The number of esters is 2. The Balaban J connectivity index is 2.56. The summed E-state index contributed by atoms with van der Waals surface area (Å²) >= 11 is 0. The fourth-order valence-electron chi connectivity index (χ4n) is 1.67. The summed E-state index contributed by atoms with van der Waals surface area (Å²) in [7, 11) is 2.69. The van der Waals surface area contributed by atoms with Gasteiger partial charge in [0.1, 0.15) is 0 Å². The van der Waals surface area contributed by atoms with Crippen molar-refractivity contribution in [3.63, 3.8) is 0 Å². The van der Waals surface area contributed by atoms with Crippen molar-refractivity contribution in [2.75, 3.05) is 14.2 Å². The minimum atomic E-state index is -0.743. The molecule has 0 saturated carbocycles. The minimum Gasteiger partial charge on any atom is -0.465 e. The molecule has 1 aromatic carbocycles. The summed E-state index contributed by atoms with van der Waals surface area (Å²) in [5.74, 6) is -1.13. The molecule has 2 rings (SSSR count). The van der Waals surface area contributed by atoms with Gasteiger partial charge in [-0.25, -0.2) is 9.59 Å². The van der Waals surface area contributed by atoms with Gasteiger partial charge in [-0.2, -0.15) is 0 Å².